The molecule has 0 unspecified atom stereocenters. The molecule has 1 N–H and O–H groups in total. The first-order chi connectivity index (χ1) is 9.43. The summed E-state index contributed by atoms with van der Waals surface area (Å²) >= 11 is 1.44. The molecule has 0 bridgehead atoms. The first kappa shape index (κ1) is 15.1. The summed E-state index contributed by atoms with van der Waals surface area (Å²) in [5.41, 5.74) is 3.58. The smallest absolute Gasteiger partial charge is 0.408 e. The number of benzene rings is 1. The highest BCUT2D eigenvalue weighted by Gasteiger charge is 2.35. The van der Waals surface area contributed by atoms with Crippen molar-refractivity contribution in [2.75, 3.05) is 12.3 Å². The average molecular weight is 292 g/mol. The fraction of sp³-hybridized carbons (Fsp3) is 0.500. The Kier molecular flexibility index (Phi) is 4.53. The van der Waals surface area contributed by atoms with Crippen LogP contribution in [0, 0.1) is 0 Å². The first-order valence-electron chi connectivity index (χ1n) is 7.06. The molecular weight excluding hydrogens is 270 g/mol. The van der Waals surface area contributed by atoms with Gasteiger partial charge in [-0.1, -0.05) is 45.9 Å². The molecule has 0 atom stereocenters. The predicted molar refractivity (Wildman–Crippen MR) is 84.5 cm³/mol. The summed E-state index contributed by atoms with van der Waals surface area (Å²) in [5.74, 6) is 0.778. The van der Waals surface area contributed by atoms with E-state index >= 15 is 0 Å². The van der Waals surface area contributed by atoms with E-state index in [0.717, 1.165) is 18.0 Å². The number of carboxylic acid groups (broad SMARTS) is 1. The maximum absolute atomic E-state index is 11.4. The molecule has 2 rings (SSSR count). The second-order valence-electron chi connectivity index (χ2n) is 5.70. The number of rotatable bonds is 4. The van der Waals surface area contributed by atoms with Crippen LogP contribution in [0.3, 0.4) is 0 Å². The van der Waals surface area contributed by atoms with E-state index in [0.29, 0.717) is 16.9 Å². The minimum atomic E-state index is -0.819. The Bertz CT molecular complexity index is 535. The van der Waals surface area contributed by atoms with Gasteiger partial charge in [0.05, 0.1) is 5.75 Å². The van der Waals surface area contributed by atoms with Crippen LogP contribution in [0.15, 0.2) is 18.2 Å². The van der Waals surface area contributed by atoms with Gasteiger partial charge in [-0.2, -0.15) is 4.58 Å². The Balaban J connectivity index is 2.71. The van der Waals surface area contributed by atoms with Crippen LogP contribution in [0.25, 0.3) is 0 Å². The Hall–Kier alpha value is -1.29. The standard InChI is InChI=1S/C16H21NO2S/c1-10(2)12-6-5-7-13(11(3)4)14(12)17-8-9-20-15(17)16(18)19/h5-7,10-11H,8-9H2,1-4H3/p+1. The van der Waals surface area contributed by atoms with Crippen LogP contribution < -0.4 is 0 Å². The van der Waals surface area contributed by atoms with Crippen LogP contribution in [-0.2, 0) is 4.79 Å². The highest BCUT2D eigenvalue weighted by molar-refractivity contribution is 8.15. The van der Waals surface area contributed by atoms with Crippen molar-refractivity contribution in [2.24, 2.45) is 0 Å². The molecule has 1 aliphatic rings. The molecule has 1 aliphatic heterocycles. The summed E-state index contributed by atoms with van der Waals surface area (Å²) < 4.78 is 2.00. The Morgan fingerprint density at radius 1 is 1.20 bits per heavy atom. The zero-order chi connectivity index (χ0) is 14.9. The van der Waals surface area contributed by atoms with Crippen molar-refractivity contribution in [3.63, 3.8) is 0 Å². The molecule has 1 heterocycles. The second kappa shape index (κ2) is 6.00. The van der Waals surface area contributed by atoms with E-state index in [9.17, 15) is 9.90 Å². The number of carbonyl (C=O) groups is 1. The van der Waals surface area contributed by atoms with Gasteiger partial charge in [-0.15, -0.1) is 0 Å². The van der Waals surface area contributed by atoms with E-state index in [2.05, 4.69) is 45.9 Å². The molecule has 0 saturated heterocycles. The molecule has 3 nitrogen and oxygen atoms in total. The van der Waals surface area contributed by atoms with Gasteiger partial charge in [0.25, 0.3) is 0 Å². The lowest BCUT2D eigenvalue weighted by Gasteiger charge is -2.15. The Morgan fingerprint density at radius 2 is 1.75 bits per heavy atom. The third kappa shape index (κ3) is 2.75. The minimum Gasteiger partial charge on any atom is -0.473 e. The van der Waals surface area contributed by atoms with E-state index < -0.39 is 5.97 Å². The summed E-state index contributed by atoms with van der Waals surface area (Å²) in [6.07, 6.45) is 0. The van der Waals surface area contributed by atoms with Gasteiger partial charge >= 0.3 is 11.0 Å². The van der Waals surface area contributed by atoms with Crippen LogP contribution in [0.4, 0.5) is 5.69 Å². The number of hydrogen-bond donors (Lipinski definition) is 1. The molecule has 1 aromatic rings. The predicted octanol–water partition coefficient (Wildman–Crippen LogP) is 3.81. The number of thioether (sulfide) groups is 1. The van der Waals surface area contributed by atoms with E-state index in [1.807, 2.05) is 4.58 Å². The van der Waals surface area contributed by atoms with Crippen LogP contribution in [0.1, 0.15) is 50.7 Å². The topological polar surface area (TPSA) is 40.3 Å². The van der Waals surface area contributed by atoms with Gasteiger partial charge in [-0.05, 0) is 23.6 Å². The highest BCUT2D eigenvalue weighted by Crippen LogP contribution is 2.36. The van der Waals surface area contributed by atoms with Gasteiger partial charge in [-0.25, -0.2) is 4.79 Å². The van der Waals surface area contributed by atoms with Crippen LogP contribution in [0.2, 0.25) is 0 Å². The summed E-state index contributed by atoms with van der Waals surface area (Å²) in [6, 6.07) is 6.32. The van der Waals surface area contributed by atoms with Gasteiger partial charge < -0.3 is 5.11 Å². The molecule has 0 radical (unpaired) electrons. The normalized spacial score (nSPS) is 15.5. The molecule has 0 fully saturated rings. The highest BCUT2D eigenvalue weighted by atomic mass is 32.2. The van der Waals surface area contributed by atoms with E-state index in [1.165, 1.54) is 22.9 Å². The van der Waals surface area contributed by atoms with Crippen LogP contribution in [-0.4, -0.2) is 33.0 Å². The molecule has 0 aromatic heterocycles. The third-order valence-corrected chi connectivity index (χ3v) is 4.65. The van der Waals surface area contributed by atoms with Crippen molar-refractivity contribution < 1.29 is 14.5 Å². The molecular formula is C16H22NO2S+. The molecule has 0 saturated carbocycles. The number of hydrogen-bond acceptors (Lipinski definition) is 2. The Labute approximate surface area is 124 Å². The van der Waals surface area contributed by atoms with Crippen LogP contribution >= 0.6 is 11.8 Å². The number of aliphatic carboxylic acids is 1. The van der Waals surface area contributed by atoms with Crippen molar-refractivity contribution in [3.05, 3.63) is 29.3 Å². The lowest BCUT2D eigenvalue weighted by molar-refractivity contribution is -0.429. The maximum Gasteiger partial charge on any atom is 0.408 e. The zero-order valence-corrected chi connectivity index (χ0v) is 13.3. The third-order valence-electron chi connectivity index (χ3n) is 3.59. The summed E-state index contributed by atoms with van der Waals surface area (Å²) in [5, 5.41) is 9.86. The maximum atomic E-state index is 11.4. The largest absolute Gasteiger partial charge is 0.473 e. The van der Waals surface area contributed by atoms with E-state index in [1.54, 1.807) is 0 Å². The average Bonchev–Trinajstić information content (AvgIpc) is 2.86. The number of nitrogens with zero attached hydrogens (tertiary/aromatic N) is 1. The molecule has 1 aromatic carbocycles. The lowest BCUT2D eigenvalue weighted by atomic mass is 9.92. The zero-order valence-electron chi connectivity index (χ0n) is 12.5. The van der Waals surface area contributed by atoms with Crippen molar-refractivity contribution in [2.45, 2.75) is 39.5 Å². The second-order valence-corrected chi connectivity index (χ2v) is 6.79. The fourth-order valence-corrected chi connectivity index (χ4v) is 3.56. The molecule has 0 aliphatic carbocycles. The first-order valence-corrected chi connectivity index (χ1v) is 8.05. The van der Waals surface area contributed by atoms with E-state index in [4.69, 9.17) is 0 Å². The minimum absolute atomic E-state index is 0.379. The SMILES string of the molecule is CC(C)c1cccc(C(C)C)c1[N+]1=C(C(=O)O)SCC1. The van der Waals surface area contributed by atoms with Crippen molar-refractivity contribution in [1.82, 2.24) is 0 Å². The summed E-state index contributed by atoms with van der Waals surface area (Å²) in [4.78, 5) is 11.4. The van der Waals surface area contributed by atoms with E-state index in [-0.39, 0.29) is 0 Å². The van der Waals surface area contributed by atoms with Gasteiger partial charge in [0.1, 0.15) is 0 Å². The molecule has 108 valence electrons. The molecule has 20 heavy (non-hydrogen) atoms. The monoisotopic (exact) mass is 292 g/mol. The van der Waals surface area contributed by atoms with Crippen molar-refractivity contribution in [3.8, 4) is 0 Å². The summed E-state index contributed by atoms with van der Waals surface area (Å²) in [7, 11) is 0. The molecule has 0 amide bonds. The van der Waals surface area contributed by atoms with Crippen molar-refractivity contribution in [1.29, 1.82) is 0 Å². The van der Waals surface area contributed by atoms with Gasteiger partial charge in [0, 0.05) is 11.1 Å². The van der Waals surface area contributed by atoms with Crippen LogP contribution in [0.5, 0.6) is 0 Å². The lowest BCUT2D eigenvalue weighted by Crippen LogP contribution is -2.20. The van der Waals surface area contributed by atoms with Crippen molar-refractivity contribution >= 4 is 28.5 Å². The van der Waals surface area contributed by atoms with Gasteiger partial charge in [-0.3, -0.25) is 0 Å². The summed E-state index contributed by atoms with van der Waals surface area (Å²) in [6.45, 7) is 9.41. The number of carboxylic acids is 1. The van der Waals surface area contributed by atoms with Gasteiger partial charge in [0.15, 0.2) is 6.54 Å². The fourth-order valence-electron chi connectivity index (χ4n) is 2.63. The van der Waals surface area contributed by atoms with Gasteiger partial charge in [0.2, 0.25) is 5.69 Å². The molecule has 4 heteroatoms. The Morgan fingerprint density at radius 3 is 2.20 bits per heavy atom. The number of para-hydroxylation sites is 1. The quantitative estimate of drug-likeness (QED) is 0.858. The molecule has 0 spiro atoms.